The minimum absolute atomic E-state index is 0.246. The largest absolute Gasteiger partial charge is 0.392 e. The lowest BCUT2D eigenvalue weighted by Gasteiger charge is -2.34. The Bertz CT molecular complexity index is 472. The highest BCUT2D eigenvalue weighted by molar-refractivity contribution is 6.30. The van der Waals surface area contributed by atoms with Crippen LogP contribution in [-0.2, 0) is 0 Å². The normalized spacial score (nSPS) is 28.9. The lowest BCUT2D eigenvalue weighted by Crippen LogP contribution is -2.39. The molecule has 1 saturated carbocycles. The summed E-state index contributed by atoms with van der Waals surface area (Å²) in [5.41, 5.74) is 0.896. The van der Waals surface area contributed by atoms with Crippen LogP contribution in [0, 0.1) is 5.92 Å². The van der Waals surface area contributed by atoms with Crippen LogP contribution in [-0.4, -0.2) is 40.3 Å². The van der Waals surface area contributed by atoms with E-state index in [4.69, 9.17) is 11.6 Å². The van der Waals surface area contributed by atoms with Gasteiger partial charge in [0.15, 0.2) is 0 Å². The van der Waals surface area contributed by atoms with Crippen molar-refractivity contribution in [1.82, 2.24) is 4.90 Å². The molecule has 1 saturated heterocycles. The third-order valence-electron chi connectivity index (χ3n) is 5.28. The van der Waals surface area contributed by atoms with Crippen molar-refractivity contribution in [2.45, 2.75) is 56.8 Å². The molecule has 2 unspecified atom stereocenters. The van der Waals surface area contributed by atoms with Crippen LogP contribution in [0.15, 0.2) is 24.3 Å². The summed E-state index contributed by atoms with van der Waals surface area (Å²) in [4.78, 5) is 2.31. The molecule has 1 aromatic rings. The van der Waals surface area contributed by atoms with Gasteiger partial charge in [-0.25, -0.2) is 0 Å². The van der Waals surface area contributed by atoms with Gasteiger partial charge in [0.2, 0.25) is 0 Å². The molecule has 2 aliphatic rings. The number of benzene rings is 1. The summed E-state index contributed by atoms with van der Waals surface area (Å²) in [6, 6.07) is 7.83. The van der Waals surface area contributed by atoms with Crippen molar-refractivity contribution in [1.29, 1.82) is 0 Å². The van der Waals surface area contributed by atoms with Gasteiger partial charge >= 0.3 is 0 Å². The van der Waals surface area contributed by atoms with Gasteiger partial charge in [-0.1, -0.05) is 43.0 Å². The first-order chi connectivity index (χ1) is 10.6. The number of halogens is 1. The Hall–Kier alpha value is -0.610. The van der Waals surface area contributed by atoms with Crippen LogP contribution >= 0.6 is 11.6 Å². The summed E-state index contributed by atoms with van der Waals surface area (Å²) in [5, 5.41) is 21.3. The van der Waals surface area contributed by atoms with Crippen LogP contribution < -0.4 is 0 Å². The van der Waals surface area contributed by atoms with Gasteiger partial charge in [0.05, 0.1) is 12.2 Å². The Morgan fingerprint density at radius 2 is 1.82 bits per heavy atom. The Labute approximate surface area is 137 Å². The van der Waals surface area contributed by atoms with E-state index >= 15 is 0 Å². The molecule has 1 aromatic carbocycles. The Balaban J connectivity index is 1.65. The van der Waals surface area contributed by atoms with E-state index in [2.05, 4.69) is 4.90 Å². The fraction of sp³-hybridized carbons (Fsp3) is 0.667. The minimum atomic E-state index is -0.520. The lowest BCUT2D eigenvalue weighted by molar-refractivity contribution is 0.0773. The van der Waals surface area contributed by atoms with Crippen LogP contribution in [0.25, 0.3) is 0 Å². The van der Waals surface area contributed by atoms with E-state index in [0.29, 0.717) is 30.1 Å². The summed E-state index contributed by atoms with van der Waals surface area (Å²) in [5.74, 6) is 0.684. The standard InChI is InChI=1S/C18H26ClNO2/c19-15-8-6-14(7-9-15)18(22)12-20-11-16(21)10-17(20)13-4-2-1-3-5-13/h6-9,13,16-18,21-22H,1-5,10-12H2/t16?,17?,18-/m0/s1. The Morgan fingerprint density at radius 1 is 1.14 bits per heavy atom. The second-order valence-electron chi connectivity index (χ2n) is 6.88. The SMILES string of the molecule is OC1CC(C2CCCCC2)N(C[C@H](O)c2ccc(Cl)cc2)C1. The highest BCUT2D eigenvalue weighted by Crippen LogP contribution is 2.35. The maximum atomic E-state index is 10.5. The highest BCUT2D eigenvalue weighted by Gasteiger charge is 2.37. The quantitative estimate of drug-likeness (QED) is 0.892. The molecule has 2 fully saturated rings. The molecule has 0 radical (unpaired) electrons. The zero-order valence-corrected chi connectivity index (χ0v) is 13.8. The van der Waals surface area contributed by atoms with Crippen molar-refractivity contribution >= 4 is 11.6 Å². The predicted molar refractivity (Wildman–Crippen MR) is 89.0 cm³/mol. The molecule has 3 nitrogen and oxygen atoms in total. The molecule has 3 rings (SSSR count). The monoisotopic (exact) mass is 323 g/mol. The highest BCUT2D eigenvalue weighted by atomic mass is 35.5. The van der Waals surface area contributed by atoms with Gasteiger partial charge in [-0.2, -0.15) is 0 Å². The van der Waals surface area contributed by atoms with Crippen molar-refractivity contribution in [2.75, 3.05) is 13.1 Å². The van der Waals surface area contributed by atoms with Gasteiger partial charge in [-0.15, -0.1) is 0 Å². The molecule has 22 heavy (non-hydrogen) atoms. The second kappa shape index (κ2) is 7.31. The van der Waals surface area contributed by atoms with Gasteiger partial charge in [0.1, 0.15) is 0 Å². The molecule has 0 bridgehead atoms. The summed E-state index contributed by atoms with van der Waals surface area (Å²) >= 11 is 5.91. The van der Waals surface area contributed by atoms with E-state index in [0.717, 1.165) is 12.0 Å². The van der Waals surface area contributed by atoms with Gasteiger partial charge in [0, 0.05) is 24.2 Å². The van der Waals surface area contributed by atoms with Crippen molar-refractivity contribution < 1.29 is 10.2 Å². The lowest BCUT2D eigenvalue weighted by atomic mass is 9.82. The van der Waals surface area contributed by atoms with Crippen LogP contribution in [0.4, 0.5) is 0 Å². The maximum Gasteiger partial charge on any atom is 0.0917 e. The van der Waals surface area contributed by atoms with E-state index in [1.165, 1.54) is 32.1 Å². The number of aliphatic hydroxyl groups excluding tert-OH is 2. The Kier molecular flexibility index (Phi) is 5.40. The fourth-order valence-electron chi connectivity index (χ4n) is 4.14. The minimum Gasteiger partial charge on any atom is -0.392 e. The smallest absolute Gasteiger partial charge is 0.0917 e. The molecule has 0 amide bonds. The maximum absolute atomic E-state index is 10.5. The average molecular weight is 324 g/mol. The predicted octanol–water partition coefficient (Wildman–Crippen LogP) is 3.39. The van der Waals surface area contributed by atoms with E-state index in [1.807, 2.05) is 24.3 Å². The molecule has 122 valence electrons. The van der Waals surface area contributed by atoms with Crippen LogP contribution in [0.3, 0.4) is 0 Å². The summed E-state index contributed by atoms with van der Waals surface area (Å²) in [6.45, 7) is 1.28. The van der Waals surface area contributed by atoms with Crippen molar-refractivity contribution in [3.05, 3.63) is 34.9 Å². The third kappa shape index (κ3) is 3.83. The second-order valence-corrected chi connectivity index (χ2v) is 7.31. The molecular weight excluding hydrogens is 298 g/mol. The molecule has 1 aliphatic carbocycles. The van der Waals surface area contributed by atoms with Crippen molar-refractivity contribution in [3.8, 4) is 0 Å². The number of β-amino-alcohol motifs (C(OH)–C–C–N with tert-alkyl or cyclic N) is 2. The van der Waals surface area contributed by atoms with E-state index < -0.39 is 6.10 Å². The number of likely N-dealkylation sites (tertiary alicyclic amines) is 1. The first kappa shape index (κ1) is 16.3. The molecular formula is C18H26ClNO2. The molecule has 4 heteroatoms. The number of hydrogen-bond donors (Lipinski definition) is 2. The molecule has 1 heterocycles. The first-order valence-electron chi connectivity index (χ1n) is 8.49. The molecule has 0 aromatic heterocycles. The third-order valence-corrected chi connectivity index (χ3v) is 5.54. The topological polar surface area (TPSA) is 43.7 Å². The number of hydrogen-bond acceptors (Lipinski definition) is 3. The molecule has 0 spiro atoms. The molecule has 3 atom stereocenters. The first-order valence-corrected chi connectivity index (χ1v) is 8.87. The number of aliphatic hydroxyl groups is 2. The van der Waals surface area contributed by atoms with Gasteiger partial charge in [-0.3, -0.25) is 4.90 Å². The summed E-state index contributed by atoms with van der Waals surface area (Å²) in [6.07, 6.45) is 6.60. The van der Waals surface area contributed by atoms with E-state index in [9.17, 15) is 10.2 Å². The number of rotatable bonds is 4. The zero-order chi connectivity index (χ0) is 15.5. The van der Waals surface area contributed by atoms with E-state index in [1.54, 1.807) is 0 Å². The van der Waals surface area contributed by atoms with Gasteiger partial charge in [0.25, 0.3) is 0 Å². The zero-order valence-electron chi connectivity index (χ0n) is 13.0. The fourth-order valence-corrected chi connectivity index (χ4v) is 4.27. The average Bonchev–Trinajstić information content (AvgIpc) is 2.89. The summed E-state index contributed by atoms with van der Waals surface area (Å²) < 4.78 is 0. The van der Waals surface area contributed by atoms with E-state index in [-0.39, 0.29) is 6.10 Å². The van der Waals surface area contributed by atoms with Crippen LogP contribution in [0.5, 0.6) is 0 Å². The van der Waals surface area contributed by atoms with Crippen molar-refractivity contribution in [2.24, 2.45) is 5.92 Å². The number of nitrogens with zero attached hydrogens (tertiary/aromatic N) is 1. The molecule has 2 N–H and O–H groups in total. The Morgan fingerprint density at radius 3 is 2.50 bits per heavy atom. The molecule has 1 aliphatic heterocycles. The van der Waals surface area contributed by atoms with Gasteiger partial charge < -0.3 is 10.2 Å². The van der Waals surface area contributed by atoms with Crippen LogP contribution in [0.1, 0.15) is 50.2 Å². The van der Waals surface area contributed by atoms with Gasteiger partial charge in [-0.05, 0) is 42.9 Å². The van der Waals surface area contributed by atoms with Crippen LogP contribution in [0.2, 0.25) is 5.02 Å². The van der Waals surface area contributed by atoms with Crippen molar-refractivity contribution in [3.63, 3.8) is 0 Å². The summed E-state index contributed by atoms with van der Waals surface area (Å²) in [7, 11) is 0.